The molecule has 1 aliphatic rings. The number of esters is 3. The molecule has 0 aliphatic carbocycles. The van der Waals surface area contributed by atoms with Gasteiger partial charge >= 0.3 is 17.9 Å². The van der Waals surface area contributed by atoms with Crippen molar-refractivity contribution < 1.29 is 38.1 Å². The zero-order chi connectivity index (χ0) is 28.6. The summed E-state index contributed by atoms with van der Waals surface area (Å²) in [6.07, 6.45) is 12.1. The van der Waals surface area contributed by atoms with Crippen LogP contribution < -0.4 is 9.47 Å². The van der Waals surface area contributed by atoms with E-state index in [0.717, 1.165) is 19.4 Å². The van der Waals surface area contributed by atoms with Crippen LogP contribution in [0.3, 0.4) is 0 Å². The van der Waals surface area contributed by atoms with Gasteiger partial charge in [-0.3, -0.25) is 0 Å². The van der Waals surface area contributed by atoms with Crippen LogP contribution in [0.2, 0.25) is 0 Å². The first-order chi connectivity index (χ1) is 19.5. The zero-order valence-electron chi connectivity index (χ0n) is 23.7. The third-order valence-corrected chi connectivity index (χ3v) is 6.63. The van der Waals surface area contributed by atoms with Crippen LogP contribution in [0.15, 0.2) is 48.5 Å². The molecule has 2 aromatic rings. The Bertz CT molecular complexity index is 1040. The summed E-state index contributed by atoms with van der Waals surface area (Å²) in [5.74, 6) is -0.803. The molecular weight excluding hydrogens is 512 g/mol. The molecule has 0 radical (unpaired) electrons. The van der Waals surface area contributed by atoms with Gasteiger partial charge < -0.3 is 23.7 Å². The molecule has 0 spiro atoms. The van der Waals surface area contributed by atoms with E-state index < -0.39 is 24.0 Å². The van der Waals surface area contributed by atoms with E-state index in [0.29, 0.717) is 24.0 Å². The molecule has 1 aliphatic heterocycles. The summed E-state index contributed by atoms with van der Waals surface area (Å²) in [6.45, 7) is 4.95. The topological polar surface area (TPSA) is 101 Å². The van der Waals surface area contributed by atoms with Crippen LogP contribution in [0, 0.1) is 0 Å². The number of unbranched alkanes of at least 4 members (excludes halogenated alkanes) is 8. The first-order valence-corrected chi connectivity index (χ1v) is 14.5. The highest BCUT2D eigenvalue weighted by atomic mass is 16.6. The molecule has 1 fully saturated rings. The maximum atomic E-state index is 12.5. The van der Waals surface area contributed by atoms with Crippen molar-refractivity contribution >= 4 is 17.9 Å². The number of epoxide rings is 1. The molecule has 8 heteroatoms. The van der Waals surface area contributed by atoms with Crippen LogP contribution in [-0.2, 0) is 19.0 Å². The molecule has 2 aromatic carbocycles. The molecule has 0 aromatic heterocycles. The number of hydrogen-bond donors (Lipinski definition) is 0. The van der Waals surface area contributed by atoms with Gasteiger partial charge in [-0.1, -0.05) is 51.4 Å². The number of benzene rings is 2. The number of rotatable bonds is 19. The first-order valence-electron chi connectivity index (χ1n) is 14.5. The Balaban J connectivity index is 1.27. The number of carbonyl (C=O) groups excluding carboxylic acids is 3. The van der Waals surface area contributed by atoms with Crippen molar-refractivity contribution in [3.05, 3.63) is 59.7 Å². The summed E-state index contributed by atoms with van der Waals surface area (Å²) in [6, 6.07) is 12.8. The van der Waals surface area contributed by atoms with Crippen molar-refractivity contribution in [2.24, 2.45) is 0 Å². The quantitative estimate of drug-likeness (QED) is 0.0819. The summed E-state index contributed by atoms with van der Waals surface area (Å²) in [4.78, 5) is 36.3. The van der Waals surface area contributed by atoms with E-state index in [1.165, 1.54) is 82.6 Å². The van der Waals surface area contributed by atoms with Gasteiger partial charge in [-0.05, 0) is 75.2 Å². The van der Waals surface area contributed by atoms with Gasteiger partial charge in [-0.2, -0.15) is 0 Å². The molecule has 0 bridgehead atoms. The lowest BCUT2D eigenvalue weighted by Crippen LogP contribution is -2.26. The minimum Gasteiger partial charge on any atom is -0.494 e. The van der Waals surface area contributed by atoms with Gasteiger partial charge in [0.15, 0.2) is 6.10 Å². The Labute approximate surface area is 237 Å². The maximum absolute atomic E-state index is 12.5. The number of carbonyl (C=O) groups is 3. The van der Waals surface area contributed by atoms with Crippen molar-refractivity contribution in [1.82, 2.24) is 0 Å². The fourth-order valence-corrected chi connectivity index (χ4v) is 4.18. The standard InChI is InChI=1S/C32H42O8/c1-3-36-30(33)24(2)39-31(34)25-16-20-28(21-17-25)40-32(35)26-14-18-27(19-15-26)37-22-12-10-8-6-4-5-7-9-11-13-29-23-38-29/h14-21,24,29H,3-13,22-23H2,1-2H3. The van der Waals surface area contributed by atoms with Crippen LogP contribution in [0.25, 0.3) is 0 Å². The van der Waals surface area contributed by atoms with E-state index in [9.17, 15) is 14.4 Å². The van der Waals surface area contributed by atoms with E-state index in [2.05, 4.69) is 0 Å². The third-order valence-electron chi connectivity index (χ3n) is 6.63. The van der Waals surface area contributed by atoms with E-state index in [-0.39, 0.29) is 17.9 Å². The van der Waals surface area contributed by atoms with Crippen LogP contribution >= 0.6 is 0 Å². The SMILES string of the molecule is CCOC(=O)C(C)OC(=O)c1ccc(OC(=O)c2ccc(OCCCCCCCCCCCC3CO3)cc2)cc1. The second-order valence-electron chi connectivity index (χ2n) is 10.0. The smallest absolute Gasteiger partial charge is 0.347 e. The molecule has 1 heterocycles. The monoisotopic (exact) mass is 554 g/mol. The van der Waals surface area contributed by atoms with Crippen LogP contribution in [-0.4, -0.2) is 49.9 Å². The highest BCUT2D eigenvalue weighted by molar-refractivity contribution is 5.92. The van der Waals surface area contributed by atoms with Crippen LogP contribution in [0.4, 0.5) is 0 Å². The number of ether oxygens (including phenoxy) is 5. The summed E-state index contributed by atoms with van der Waals surface area (Å²) < 4.78 is 26.4. The van der Waals surface area contributed by atoms with Crippen molar-refractivity contribution in [3.63, 3.8) is 0 Å². The molecule has 2 unspecified atom stereocenters. The van der Waals surface area contributed by atoms with Gasteiger partial charge in [-0.15, -0.1) is 0 Å². The van der Waals surface area contributed by atoms with Crippen molar-refractivity contribution in [1.29, 1.82) is 0 Å². The Kier molecular flexibility index (Phi) is 13.5. The fraction of sp³-hybridized carbons (Fsp3) is 0.531. The highest BCUT2D eigenvalue weighted by Gasteiger charge is 2.21. The van der Waals surface area contributed by atoms with E-state index >= 15 is 0 Å². The van der Waals surface area contributed by atoms with Gasteiger partial charge in [0.1, 0.15) is 11.5 Å². The first kappa shape index (κ1) is 31.1. The molecule has 1 saturated heterocycles. The Morgan fingerprint density at radius 1 is 0.775 bits per heavy atom. The molecule has 0 saturated carbocycles. The Hall–Kier alpha value is -3.39. The average molecular weight is 555 g/mol. The van der Waals surface area contributed by atoms with Gasteiger partial charge in [0.25, 0.3) is 0 Å². The second kappa shape index (κ2) is 17.3. The lowest BCUT2D eigenvalue weighted by molar-refractivity contribution is -0.152. The van der Waals surface area contributed by atoms with E-state index in [1.54, 1.807) is 31.2 Å². The number of hydrogen-bond acceptors (Lipinski definition) is 8. The summed E-state index contributed by atoms with van der Waals surface area (Å²) in [7, 11) is 0. The Morgan fingerprint density at radius 2 is 1.30 bits per heavy atom. The minimum atomic E-state index is -1.01. The lowest BCUT2D eigenvalue weighted by Gasteiger charge is -2.12. The molecule has 0 amide bonds. The fourth-order valence-electron chi connectivity index (χ4n) is 4.18. The molecule has 0 N–H and O–H groups in total. The van der Waals surface area contributed by atoms with Gasteiger partial charge in [0.2, 0.25) is 0 Å². The maximum Gasteiger partial charge on any atom is 0.347 e. The second-order valence-corrected chi connectivity index (χ2v) is 10.0. The highest BCUT2D eigenvalue weighted by Crippen LogP contribution is 2.20. The molecular formula is C32H42O8. The lowest BCUT2D eigenvalue weighted by atomic mass is 10.1. The molecule has 2 atom stereocenters. The van der Waals surface area contributed by atoms with Crippen LogP contribution in [0.5, 0.6) is 11.5 Å². The Morgan fingerprint density at radius 3 is 1.88 bits per heavy atom. The van der Waals surface area contributed by atoms with Gasteiger partial charge in [0, 0.05) is 0 Å². The largest absolute Gasteiger partial charge is 0.494 e. The third kappa shape index (κ3) is 11.8. The van der Waals surface area contributed by atoms with Crippen molar-refractivity contribution in [3.8, 4) is 11.5 Å². The summed E-state index contributed by atoms with van der Waals surface area (Å²) in [5, 5.41) is 0. The molecule has 3 rings (SSSR count). The molecule has 218 valence electrons. The van der Waals surface area contributed by atoms with E-state index in [4.69, 9.17) is 23.7 Å². The summed E-state index contributed by atoms with van der Waals surface area (Å²) >= 11 is 0. The predicted molar refractivity (Wildman–Crippen MR) is 151 cm³/mol. The molecule has 40 heavy (non-hydrogen) atoms. The van der Waals surface area contributed by atoms with Crippen molar-refractivity contribution in [2.45, 2.75) is 90.3 Å². The summed E-state index contributed by atoms with van der Waals surface area (Å²) in [5.41, 5.74) is 0.614. The minimum absolute atomic E-state index is 0.203. The predicted octanol–water partition coefficient (Wildman–Crippen LogP) is 6.69. The van der Waals surface area contributed by atoms with E-state index in [1.807, 2.05) is 0 Å². The van der Waals surface area contributed by atoms with Gasteiger partial charge in [-0.25, -0.2) is 14.4 Å². The average Bonchev–Trinajstić information content (AvgIpc) is 3.79. The van der Waals surface area contributed by atoms with Gasteiger partial charge in [0.05, 0.1) is 37.1 Å². The normalized spacial score (nSPS) is 14.7. The molecule has 8 nitrogen and oxygen atoms in total. The van der Waals surface area contributed by atoms with Crippen molar-refractivity contribution in [2.75, 3.05) is 19.8 Å². The zero-order valence-corrected chi connectivity index (χ0v) is 23.7. The van der Waals surface area contributed by atoms with Crippen LogP contribution in [0.1, 0.15) is 98.8 Å².